The number of nitrogens with one attached hydrogen (secondary N) is 1. The van der Waals surface area contributed by atoms with Crippen LogP contribution in [0.15, 0.2) is 0 Å². The normalized spacial score (nSPS) is 21.0. The van der Waals surface area contributed by atoms with Crippen LogP contribution in [0.5, 0.6) is 0 Å². The van der Waals surface area contributed by atoms with Gasteiger partial charge < -0.3 is 10.2 Å². The number of aromatic nitrogens is 1. The number of hydrogen-bond acceptors (Lipinski definition) is 4. The number of amides is 2. The van der Waals surface area contributed by atoms with Crippen molar-refractivity contribution in [2.45, 2.75) is 52.6 Å². The Balaban J connectivity index is 2.23. The number of carbonyl (C=O) groups is 2. The van der Waals surface area contributed by atoms with Crippen molar-refractivity contribution in [1.82, 2.24) is 15.2 Å². The fraction of sp³-hybridized carbons (Fsp3) is 0.643. The van der Waals surface area contributed by atoms with Gasteiger partial charge in [0.15, 0.2) is 0 Å². The van der Waals surface area contributed by atoms with Crippen molar-refractivity contribution in [3.63, 3.8) is 0 Å². The summed E-state index contributed by atoms with van der Waals surface area (Å²) in [5.74, 6) is -0.0572. The molecule has 1 aliphatic heterocycles. The molecule has 1 aliphatic rings. The molecule has 2 heterocycles. The zero-order valence-corrected chi connectivity index (χ0v) is 13.2. The first kappa shape index (κ1) is 15.0. The van der Waals surface area contributed by atoms with E-state index in [9.17, 15) is 9.59 Å². The third-order valence-electron chi connectivity index (χ3n) is 3.59. The summed E-state index contributed by atoms with van der Waals surface area (Å²) in [6.07, 6.45) is 1.56. The van der Waals surface area contributed by atoms with Crippen molar-refractivity contribution in [3.8, 4) is 0 Å². The maximum atomic E-state index is 12.5. The van der Waals surface area contributed by atoms with E-state index in [0.717, 1.165) is 22.0 Å². The molecule has 1 fully saturated rings. The van der Waals surface area contributed by atoms with Crippen molar-refractivity contribution in [3.05, 3.63) is 15.6 Å². The Morgan fingerprint density at radius 3 is 2.70 bits per heavy atom. The largest absolute Gasteiger partial charge is 0.343 e. The number of aryl methyl sites for hydroxylation is 2. The fourth-order valence-electron chi connectivity index (χ4n) is 2.62. The Bertz CT molecular complexity index is 526. The highest BCUT2D eigenvalue weighted by atomic mass is 32.1. The first-order valence-corrected chi connectivity index (χ1v) is 7.79. The average molecular weight is 295 g/mol. The minimum atomic E-state index is -0.377. The second kappa shape index (κ2) is 5.91. The van der Waals surface area contributed by atoms with Crippen LogP contribution in [0.3, 0.4) is 0 Å². The van der Waals surface area contributed by atoms with Gasteiger partial charge >= 0.3 is 0 Å². The lowest BCUT2D eigenvalue weighted by Gasteiger charge is -2.36. The van der Waals surface area contributed by atoms with Crippen molar-refractivity contribution in [2.24, 2.45) is 0 Å². The summed E-state index contributed by atoms with van der Waals surface area (Å²) in [5.41, 5.74) is 0.950. The van der Waals surface area contributed by atoms with Gasteiger partial charge in [0.1, 0.15) is 12.6 Å². The summed E-state index contributed by atoms with van der Waals surface area (Å²) in [6, 6.07) is -0.475. The zero-order chi connectivity index (χ0) is 14.9. The molecule has 5 nitrogen and oxygen atoms in total. The molecule has 0 bridgehead atoms. The topological polar surface area (TPSA) is 62.3 Å². The molecular weight excluding hydrogens is 274 g/mol. The molecule has 2 atom stereocenters. The van der Waals surface area contributed by atoms with E-state index < -0.39 is 0 Å². The summed E-state index contributed by atoms with van der Waals surface area (Å²) in [7, 11) is 0. The number of nitrogens with zero attached hydrogens (tertiary/aromatic N) is 2. The van der Waals surface area contributed by atoms with Crippen LogP contribution < -0.4 is 5.32 Å². The van der Waals surface area contributed by atoms with Crippen molar-refractivity contribution in [1.29, 1.82) is 0 Å². The molecule has 1 aromatic heterocycles. The lowest BCUT2D eigenvalue weighted by Crippen LogP contribution is -2.58. The highest BCUT2D eigenvalue weighted by Crippen LogP contribution is 2.30. The van der Waals surface area contributed by atoms with Gasteiger partial charge in [0.05, 0.1) is 16.7 Å². The van der Waals surface area contributed by atoms with E-state index in [2.05, 4.69) is 10.3 Å². The van der Waals surface area contributed by atoms with E-state index >= 15 is 0 Å². The Hall–Kier alpha value is -1.43. The molecule has 110 valence electrons. The van der Waals surface area contributed by atoms with Crippen LogP contribution in [0.2, 0.25) is 0 Å². The maximum absolute atomic E-state index is 12.5. The van der Waals surface area contributed by atoms with E-state index in [1.165, 1.54) is 0 Å². The van der Waals surface area contributed by atoms with Crippen molar-refractivity contribution < 1.29 is 9.59 Å². The van der Waals surface area contributed by atoms with Gasteiger partial charge in [-0.15, -0.1) is 11.3 Å². The highest BCUT2D eigenvalue weighted by molar-refractivity contribution is 7.11. The second-order valence-electron chi connectivity index (χ2n) is 5.23. The standard InChI is InChI=1S/C14H21N3O2S/c1-5-6-11-14(19)17(7-12(18)16-11)9(3)13-8(2)15-10(4)20-13/h9,11H,5-7H2,1-4H3,(H,16,18). The average Bonchev–Trinajstić information content (AvgIpc) is 2.72. The van der Waals surface area contributed by atoms with E-state index in [-0.39, 0.29) is 30.4 Å². The lowest BCUT2D eigenvalue weighted by molar-refractivity contribution is -0.146. The Morgan fingerprint density at radius 2 is 2.15 bits per heavy atom. The van der Waals surface area contributed by atoms with Gasteiger partial charge in [-0.2, -0.15) is 0 Å². The molecule has 2 amide bonds. The van der Waals surface area contributed by atoms with E-state index in [1.807, 2.05) is 27.7 Å². The molecule has 1 saturated heterocycles. The monoisotopic (exact) mass is 295 g/mol. The van der Waals surface area contributed by atoms with Crippen LogP contribution in [0.25, 0.3) is 0 Å². The first-order chi connectivity index (χ1) is 9.43. The summed E-state index contributed by atoms with van der Waals surface area (Å²) in [6.45, 7) is 8.03. The van der Waals surface area contributed by atoms with Crippen LogP contribution in [-0.2, 0) is 9.59 Å². The third-order valence-corrected chi connectivity index (χ3v) is 4.84. The number of rotatable bonds is 4. The van der Waals surface area contributed by atoms with Crippen molar-refractivity contribution in [2.75, 3.05) is 6.54 Å². The minimum absolute atomic E-state index is 0.0180. The van der Waals surface area contributed by atoms with Crippen LogP contribution in [0.1, 0.15) is 48.3 Å². The van der Waals surface area contributed by atoms with Crippen LogP contribution in [0.4, 0.5) is 0 Å². The molecule has 2 rings (SSSR count). The van der Waals surface area contributed by atoms with Crippen LogP contribution in [0, 0.1) is 13.8 Å². The summed E-state index contributed by atoms with van der Waals surface area (Å²) in [4.78, 5) is 31.5. The molecule has 0 saturated carbocycles. The number of carbonyl (C=O) groups excluding carboxylic acids is 2. The first-order valence-electron chi connectivity index (χ1n) is 6.97. The fourth-order valence-corrected chi connectivity index (χ4v) is 3.61. The van der Waals surface area contributed by atoms with Gasteiger partial charge in [0.25, 0.3) is 0 Å². The lowest BCUT2D eigenvalue weighted by atomic mass is 10.1. The summed E-state index contributed by atoms with van der Waals surface area (Å²) >= 11 is 1.60. The number of hydrogen-bond donors (Lipinski definition) is 1. The Morgan fingerprint density at radius 1 is 1.45 bits per heavy atom. The smallest absolute Gasteiger partial charge is 0.246 e. The predicted octanol–water partition coefficient (Wildman–Crippen LogP) is 1.95. The van der Waals surface area contributed by atoms with E-state index in [4.69, 9.17) is 0 Å². The van der Waals surface area contributed by atoms with Gasteiger partial charge in [0, 0.05) is 4.88 Å². The molecule has 1 N–H and O–H groups in total. The molecular formula is C14H21N3O2S. The molecule has 0 aromatic carbocycles. The van der Waals surface area contributed by atoms with Gasteiger partial charge in [-0.25, -0.2) is 4.98 Å². The minimum Gasteiger partial charge on any atom is -0.343 e. The predicted molar refractivity (Wildman–Crippen MR) is 78.6 cm³/mol. The SMILES string of the molecule is CCCC1NC(=O)CN(C(C)c2sc(C)nc2C)C1=O. The zero-order valence-electron chi connectivity index (χ0n) is 12.4. The quantitative estimate of drug-likeness (QED) is 0.923. The molecule has 20 heavy (non-hydrogen) atoms. The molecule has 2 unspecified atom stereocenters. The van der Waals surface area contributed by atoms with E-state index in [0.29, 0.717) is 6.42 Å². The maximum Gasteiger partial charge on any atom is 0.246 e. The molecule has 0 spiro atoms. The molecule has 1 aromatic rings. The van der Waals surface area contributed by atoms with Crippen LogP contribution in [-0.4, -0.2) is 34.3 Å². The van der Waals surface area contributed by atoms with E-state index in [1.54, 1.807) is 16.2 Å². The van der Waals surface area contributed by atoms with Gasteiger partial charge in [-0.1, -0.05) is 13.3 Å². The van der Waals surface area contributed by atoms with Crippen LogP contribution >= 0.6 is 11.3 Å². The molecule has 6 heteroatoms. The van der Waals surface area contributed by atoms with Gasteiger partial charge in [-0.05, 0) is 27.2 Å². The number of piperazine rings is 1. The molecule has 0 radical (unpaired) electrons. The van der Waals surface area contributed by atoms with Crippen molar-refractivity contribution >= 4 is 23.2 Å². The summed E-state index contributed by atoms with van der Waals surface area (Å²) in [5, 5.41) is 3.77. The van der Waals surface area contributed by atoms with Gasteiger partial charge in [-0.3, -0.25) is 9.59 Å². The summed E-state index contributed by atoms with van der Waals surface area (Å²) < 4.78 is 0. The number of thiazole rings is 1. The Kier molecular flexibility index (Phi) is 4.42. The second-order valence-corrected chi connectivity index (χ2v) is 6.47. The molecule has 0 aliphatic carbocycles. The highest BCUT2D eigenvalue weighted by Gasteiger charge is 2.35. The van der Waals surface area contributed by atoms with Gasteiger partial charge in [0.2, 0.25) is 11.8 Å². The Labute approximate surface area is 123 Å². The third kappa shape index (κ3) is 2.85.